The molecule has 0 radical (unpaired) electrons. The number of hydrogen-bond acceptors (Lipinski definition) is 0. The third kappa shape index (κ3) is 40.7. The average Bonchev–Trinajstić information content (AvgIpc) is 2.35. The van der Waals surface area contributed by atoms with E-state index in [-0.39, 0.29) is 31.0 Å². The van der Waals surface area contributed by atoms with Gasteiger partial charge in [-0.1, -0.05) is 125 Å². The van der Waals surface area contributed by atoms with E-state index in [4.69, 9.17) is 19.4 Å². The Bertz CT molecular complexity index is 397. The van der Waals surface area contributed by atoms with Crippen molar-refractivity contribution in [2.45, 2.75) is 125 Å². The third-order valence-electron chi connectivity index (χ3n) is 4.68. The predicted octanol–water partition coefficient (Wildman–Crippen LogP) is 12.1. The van der Waals surface area contributed by atoms with Gasteiger partial charge in [0.1, 0.15) is 0 Å². The minimum atomic E-state index is -0.226. The first-order valence-corrected chi connectivity index (χ1v) is 22.0. The van der Waals surface area contributed by atoms with E-state index in [2.05, 4.69) is 125 Å². The predicted molar refractivity (Wildman–Crippen MR) is 174 cm³/mol. The van der Waals surface area contributed by atoms with Gasteiger partial charge in [0.2, 0.25) is 0 Å². The van der Waals surface area contributed by atoms with Crippen molar-refractivity contribution in [1.29, 1.82) is 0 Å². The zero-order valence-electron chi connectivity index (χ0n) is 27.3. The van der Waals surface area contributed by atoms with Crippen LogP contribution in [0, 0.1) is 32.5 Å². The molecule has 0 bridgehead atoms. The van der Waals surface area contributed by atoms with Crippen LogP contribution >= 0.6 is 35.2 Å². The number of rotatable bonds is 6. The number of halogens is 2. The molecule has 0 aromatic rings. The maximum absolute atomic E-state index is 4.83. The minimum absolute atomic E-state index is 0.217. The molecule has 0 spiro atoms. The zero-order chi connectivity index (χ0) is 29.1. The second-order valence-corrected chi connectivity index (χ2v) is 25.6. The molecule has 0 N–H and O–H groups in total. The van der Waals surface area contributed by atoms with Gasteiger partial charge >= 0.3 is 34.5 Å². The van der Waals surface area contributed by atoms with Crippen LogP contribution in [-0.4, -0.2) is 37.0 Å². The van der Waals surface area contributed by atoms with Crippen LogP contribution in [0.1, 0.15) is 125 Å². The Morgan fingerprint density at radius 3 is 0.486 bits per heavy atom. The van der Waals surface area contributed by atoms with Gasteiger partial charge in [-0.3, -0.25) is 0 Å². The van der Waals surface area contributed by atoms with Crippen LogP contribution in [0.25, 0.3) is 0 Å². The fraction of sp³-hybridized carbons (Fsp3) is 1.00. The molecule has 0 nitrogen and oxygen atoms in total. The molecule has 0 amide bonds. The Kier molecular flexibility index (Phi) is 20.2. The Hall–Kier alpha value is 2.06. The molecule has 0 atom stereocenters. The monoisotopic (exact) mass is 663 g/mol. The van der Waals surface area contributed by atoms with Gasteiger partial charge in [0, 0.05) is 15.8 Å². The summed E-state index contributed by atoms with van der Waals surface area (Å²) in [6.45, 7) is 43.1. The Balaban J connectivity index is -0.000000525. The zero-order valence-corrected chi connectivity index (χ0v) is 32.5. The molecule has 0 aliphatic carbocycles. The maximum atomic E-state index is 4.83. The van der Waals surface area contributed by atoms with Gasteiger partial charge in [-0.25, -0.2) is 0 Å². The summed E-state index contributed by atoms with van der Waals surface area (Å²) in [5, 5.41) is 0. The van der Waals surface area contributed by atoms with Crippen molar-refractivity contribution in [2.75, 3.05) is 37.0 Å². The van der Waals surface area contributed by atoms with E-state index in [1.165, 1.54) is 37.0 Å². The van der Waals surface area contributed by atoms with Crippen molar-refractivity contribution >= 4 is 35.2 Å². The van der Waals surface area contributed by atoms with Crippen LogP contribution in [0.3, 0.4) is 0 Å². The van der Waals surface area contributed by atoms with Crippen LogP contribution in [0.5, 0.6) is 0 Å². The molecule has 0 aliphatic rings. The van der Waals surface area contributed by atoms with Gasteiger partial charge in [0.25, 0.3) is 0 Å². The molecule has 0 aliphatic heterocycles. The summed E-state index contributed by atoms with van der Waals surface area (Å²) in [5.74, 6) is 0. The van der Waals surface area contributed by atoms with Crippen LogP contribution in [0.4, 0.5) is 0 Å². The molecular formula is C30H68Cl2P2Rh+2. The summed E-state index contributed by atoms with van der Waals surface area (Å²) in [5.41, 5.74) is 3.03. The van der Waals surface area contributed by atoms with E-state index in [1.807, 2.05) is 0 Å². The van der Waals surface area contributed by atoms with Gasteiger partial charge in [-0.2, -0.15) is 0 Å². The van der Waals surface area contributed by atoms with Crippen LogP contribution in [-0.2, 0) is 15.1 Å². The molecule has 0 heterocycles. The SMILES string of the molecule is CC(C)(C)C[PH+](CC(C)(C)C)CC(C)(C)C.CC(C)(C)C[PH+](CC(C)(C)C)CC(C)(C)C.[Cl][Rh][Cl]. The van der Waals surface area contributed by atoms with Crippen molar-refractivity contribution in [3.63, 3.8) is 0 Å². The molecule has 0 saturated carbocycles. The topological polar surface area (TPSA) is 0 Å². The van der Waals surface area contributed by atoms with Crippen LogP contribution < -0.4 is 0 Å². The standard InChI is InChI=1S/2C15H33P.2ClH.Rh/c2*1-13(2,3)10-16(11-14(4,5)6)12-15(7,8)9;;;/h2*10-12H2,1-9H3;2*1H;/q;;;;+2. The first-order valence-electron chi connectivity index (χ1n) is 13.5. The second-order valence-electron chi connectivity index (χ2n) is 18.0. The van der Waals surface area contributed by atoms with Crippen LogP contribution in [0.2, 0.25) is 0 Å². The summed E-state index contributed by atoms with van der Waals surface area (Å²) in [6, 6.07) is 0. The summed E-state index contributed by atoms with van der Waals surface area (Å²) in [7, 11) is 9.23. The quantitative estimate of drug-likeness (QED) is 0.196. The van der Waals surface area contributed by atoms with E-state index >= 15 is 0 Å². The average molecular weight is 665 g/mol. The molecule has 5 heteroatoms. The normalized spacial score (nSPS) is 14.0. The Labute approximate surface area is 243 Å². The van der Waals surface area contributed by atoms with Crippen molar-refractivity contribution in [1.82, 2.24) is 0 Å². The van der Waals surface area contributed by atoms with E-state index in [0.29, 0.717) is 32.5 Å². The molecule has 0 rings (SSSR count). The molecule has 0 aromatic heterocycles. The molecule has 35 heavy (non-hydrogen) atoms. The van der Waals surface area contributed by atoms with Gasteiger partial charge < -0.3 is 0 Å². The Morgan fingerprint density at radius 1 is 0.343 bits per heavy atom. The van der Waals surface area contributed by atoms with Crippen molar-refractivity contribution in [2.24, 2.45) is 32.5 Å². The van der Waals surface area contributed by atoms with Crippen molar-refractivity contribution in [3.05, 3.63) is 0 Å². The molecule has 0 fully saturated rings. The summed E-state index contributed by atoms with van der Waals surface area (Å²) in [4.78, 5) is 0. The van der Waals surface area contributed by atoms with E-state index in [1.54, 1.807) is 0 Å². The third-order valence-corrected chi connectivity index (χ3v) is 14.0. The van der Waals surface area contributed by atoms with E-state index in [0.717, 1.165) is 0 Å². The molecule has 0 aromatic carbocycles. The summed E-state index contributed by atoms with van der Waals surface area (Å²) < 4.78 is 0. The fourth-order valence-electron chi connectivity index (χ4n) is 4.87. The summed E-state index contributed by atoms with van der Waals surface area (Å²) >= 11 is -0.226. The van der Waals surface area contributed by atoms with E-state index in [9.17, 15) is 0 Å². The first-order chi connectivity index (χ1) is 15.0. The Morgan fingerprint density at radius 2 is 0.429 bits per heavy atom. The number of hydrogen-bond donors (Lipinski definition) is 0. The first kappa shape index (κ1) is 41.5. The van der Waals surface area contributed by atoms with Crippen molar-refractivity contribution < 1.29 is 15.1 Å². The fourth-order valence-corrected chi connectivity index (χ4v) is 14.6. The molecule has 0 unspecified atom stereocenters. The van der Waals surface area contributed by atoms with Gasteiger partial charge in [0.15, 0.2) is 0 Å². The molecule has 0 saturated heterocycles. The van der Waals surface area contributed by atoms with E-state index < -0.39 is 0 Å². The van der Waals surface area contributed by atoms with Gasteiger partial charge in [-0.05, 0) is 32.5 Å². The van der Waals surface area contributed by atoms with Gasteiger partial charge in [0.05, 0.1) is 37.0 Å². The van der Waals surface area contributed by atoms with Gasteiger partial charge in [-0.15, -0.1) is 0 Å². The van der Waals surface area contributed by atoms with Crippen LogP contribution in [0.15, 0.2) is 0 Å². The molecular weight excluding hydrogens is 596 g/mol. The van der Waals surface area contributed by atoms with Crippen molar-refractivity contribution in [3.8, 4) is 0 Å². The second kappa shape index (κ2) is 17.0. The molecule has 219 valence electrons. The summed E-state index contributed by atoms with van der Waals surface area (Å²) in [6.07, 6.45) is 8.70.